The van der Waals surface area contributed by atoms with Gasteiger partial charge in [0.2, 0.25) is 0 Å². The van der Waals surface area contributed by atoms with Crippen molar-refractivity contribution in [2.24, 2.45) is 4.99 Å². The van der Waals surface area contributed by atoms with E-state index < -0.39 is 50.5 Å². The summed E-state index contributed by atoms with van der Waals surface area (Å²) < 4.78 is 42.6. The SMILES string of the molecule is N=C(c1ccc(Cl)cc1)N(C[C@H](O)C(F)(F)F)C(=O)NCC1=NCI(c2cccc(Cl)c2)C2=C1CC[C@@H](CO)SC2. The van der Waals surface area contributed by atoms with Gasteiger partial charge in [-0.1, -0.05) is 11.6 Å². The summed E-state index contributed by atoms with van der Waals surface area (Å²) in [6.07, 6.45) is -6.46. The maximum atomic E-state index is 13.2. The van der Waals surface area contributed by atoms with E-state index in [-0.39, 0.29) is 24.0 Å². The number of rotatable bonds is 7. The van der Waals surface area contributed by atoms with E-state index in [0.717, 1.165) is 21.3 Å². The summed E-state index contributed by atoms with van der Waals surface area (Å²) in [6.45, 7) is -1.17. The molecule has 2 aliphatic heterocycles. The summed E-state index contributed by atoms with van der Waals surface area (Å²) in [5, 5.41) is 31.7. The van der Waals surface area contributed by atoms with E-state index in [0.29, 0.717) is 31.6 Å². The summed E-state index contributed by atoms with van der Waals surface area (Å²) in [4.78, 5) is 18.6. The fourth-order valence-corrected chi connectivity index (χ4v) is 12.6. The van der Waals surface area contributed by atoms with E-state index in [9.17, 15) is 28.2 Å². The Labute approximate surface area is 257 Å². The second-order valence-corrected chi connectivity index (χ2v) is 16.7. The van der Waals surface area contributed by atoms with Crippen molar-refractivity contribution in [3.05, 3.63) is 76.9 Å². The van der Waals surface area contributed by atoms with Crippen LogP contribution in [0.1, 0.15) is 18.4 Å². The number of nitrogens with one attached hydrogen (secondary N) is 2. The number of nitrogens with zero attached hydrogens (tertiary/aromatic N) is 2. The van der Waals surface area contributed by atoms with Crippen LogP contribution in [0.3, 0.4) is 0 Å². The molecule has 2 aliphatic rings. The summed E-state index contributed by atoms with van der Waals surface area (Å²) in [5.74, 6) is 0.203. The number of carbonyl (C=O) groups is 1. The second kappa shape index (κ2) is 14.1. The summed E-state index contributed by atoms with van der Waals surface area (Å²) in [5.41, 5.74) is 1.81. The van der Waals surface area contributed by atoms with Gasteiger partial charge in [0, 0.05) is 0 Å². The molecule has 7 nitrogen and oxygen atoms in total. The third-order valence-electron chi connectivity index (χ3n) is 6.51. The zero-order valence-electron chi connectivity index (χ0n) is 21.6. The molecule has 4 rings (SSSR count). The van der Waals surface area contributed by atoms with Gasteiger partial charge in [-0.25, -0.2) is 0 Å². The van der Waals surface area contributed by atoms with Crippen LogP contribution in [0.2, 0.25) is 10.0 Å². The Bertz CT molecular complexity index is 1340. The van der Waals surface area contributed by atoms with Gasteiger partial charge in [-0.05, 0) is 0 Å². The molecular weight excluding hydrogens is 715 g/mol. The second-order valence-electron chi connectivity index (χ2n) is 9.25. The molecule has 0 saturated carbocycles. The van der Waals surface area contributed by atoms with Crippen molar-refractivity contribution in [1.82, 2.24) is 10.2 Å². The number of halogens is 6. The Hall–Kier alpha value is -1.84. The number of hydrogen-bond donors (Lipinski definition) is 4. The Morgan fingerprint density at radius 1 is 1.22 bits per heavy atom. The quantitative estimate of drug-likeness (QED) is 0.0894. The molecule has 222 valence electrons. The van der Waals surface area contributed by atoms with Gasteiger partial charge in [0.25, 0.3) is 0 Å². The monoisotopic (exact) mass is 742 g/mol. The molecule has 0 aromatic heterocycles. The number of amidine groups is 1. The molecule has 2 atom stereocenters. The van der Waals surface area contributed by atoms with Crippen molar-refractivity contribution in [2.75, 3.05) is 30.0 Å². The average Bonchev–Trinajstić information content (AvgIpc) is 3.17. The molecule has 0 unspecified atom stereocenters. The third kappa shape index (κ3) is 8.17. The minimum absolute atomic E-state index is 0.0448. The van der Waals surface area contributed by atoms with Crippen molar-refractivity contribution >= 4 is 72.4 Å². The van der Waals surface area contributed by atoms with Crippen LogP contribution in [0.4, 0.5) is 18.0 Å². The van der Waals surface area contributed by atoms with Gasteiger partial charge in [0.05, 0.1) is 0 Å². The van der Waals surface area contributed by atoms with Gasteiger partial charge >= 0.3 is 247 Å². The van der Waals surface area contributed by atoms with E-state index in [1.54, 1.807) is 11.8 Å². The first-order valence-corrected chi connectivity index (χ1v) is 18.0. The number of aliphatic hydroxyl groups excluding tert-OH is 2. The van der Waals surface area contributed by atoms with Gasteiger partial charge in [-0.2, -0.15) is 0 Å². The van der Waals surface area contributed by atoms with Crippen LogP contribution in [-0.4, -0.2) is 80.2 Å². The van der Waals surface area contributed by atoms with Gasteiger partial charge < -0.3 is 0 Å². The van der Waals surface area contributed by atoms with Crippen LogP contribution < -0.4 is 5.32 Å². The molecule has 0 radical (unpaired) electrons. The molecule has 0 aliphatic carbocycles. The van der Waals surface area contributed by atoms with E-state index in [2.05, 4.69) is 11.4 Å². The number of hydrogen-bond acceptors (Lipinski definition) is 6. The van der Waals surface area contributed by atoms with Crippen LogP contribution >= 0.6 is 54.8 Å². The maximum absolute atomic E-state index is 13.2. The zero-order valence-corrected chi connectivity index (χ0v) is 26.1. The van der Waals surface area contributed by atoms with Gasteiger partial charge in [0.1, 0.15) is 0 Å². The number of carbonyl (C=O) groups excluding carboxylic acids is 1. The van der Waals surface area contributed by atoms with E-state index in [4.69, 9.17) is 33.6 Å². The van der Waals surface area contributed by atoms with Crippen LogP contribution in [0.5, 0.6) is 0 Å². The Balaban J connectivity index is 1.57. The van der Waals surface area contributed by atoms with Gasteiger partial charge in [-0.15, -0.1) is 0 Å². The standard InChI is InChI=1S/C27H28Cl2F3IN4O3S/c28-17-6-4-16(5-7-17)25(34)37(12-24(39)27(30,31)32)26(40)35-11-23-21-9-8-20(13-38)41-14-22(21)33(15-36-23)19-3-1-2-18(29)10-19/h1-7,10,20,24,34,38-39H,8-9,11-15H2,(H,35,40)/t20-,24-/m0/s1. The zero-order chi connectivity index (χ0) is 29.7. The molecule has 41 heavy (non-hydrogen) atoms. The number of thioether (sulfide) groups is 1. The molecule has 4 N–H and O–H groups in total. The number of aliphatic hydroxyl groups is 2. The first-order valence-electron chi connectivity index (χ1n) is 12.5. The number of amides is 2. The van der Waals surface area contributed by atoms with E-state index >= 15 is 0 Å². The molecule has 2 amide bonds. The van der Waals surface area contributed by atoms with Crippen LogP contribution in [0, 0.1) is 8.98 Å². The average molecular weight is 743 g/mol. The normalized spacial score (nSPS) is 19.1. The first kappa shape index (κ1) is 32.1. The van der Waals surface area contributed by atoms with Crippen LogP contribution in [0.15, 0.2) is 62.7 Å². The molecule has 2 heterocycles. The predicted molar refractivity (Wildman–Crippen MR) is 167 cm³/mol. The topological polar surface area (TPSA) is 109 Å². The fourth-order valence-electron chi connectivity index (χ4n) is 4.29. The predicted octanol–water partition coefficient (Wildman–Crippen LogP) is 6.18. The van der Waals surface area contributed by atoms with Crippen molar-refractivity contribution in [3.8, 4) is 0 Å². The first-order chi connectivity index (χ1) is 19.5. The summed E-state index contributed by atoms with van der Waals surface area (Å²) >= 11 is 11.9. The van der Waals surface area contributed by atoms with E-state index in [1.807, 2.05) is 18.2 Å². The molecule has 0 saturated heterocycles. The third-order valence-corrected chi connectivity index (χ3v) is 14.6. The van der Waals surface area contributed by atoms with Crippen LogP contribution in [-0.2, 0) is 0 Å². The molecular formula is C27H28Cl2F3IN4O3S. The molecule has 0 fully saturated rings. The summed E-state index contributed by atoms with van der Waals surface area (Å²) in [6, 6.07) is 12.5. The van der Waals surface area contributed by atoms with Crippen molar-refractivity contribution in [2.45, 2.75) is 30.4 Å². The van der Waals surface area contributed by atoms with E-state index in [1.165, 1.54) is 27.8 Å². The number of benzene rings is 2. The van der Waals surface area contributed by atoms with Crippen molar-refractivity contribution < 1.29 is 28.2 Å². The number of aliphatic imine (C=N–C) groups is 1. The minimum atomic E-state index is -4.98. The number of urea groups is 1. The molecule has 2 aromatic carbocycles. The Morgan fingerprint density at radius 3 is 2.61 bits per heavy atom. The van der Waals surface area contributed by atoms with Crippen molar-refractivity contribution in [3.63, 3.8) is 0 Å². The Kier molecular flexibility index (Phi) is 11.0. The van der Waals surface area contributed by atoms with Crippen LogP contribution in [0.25, 0.3) is 0 Å². The summed E-state index contributed by atoms with van der Waals surface area (Å²) in [7, 11) is 0. The van der Waals surface area contributed by atoms with Gasteiger partial charge in [0.15, 0.2) is 0 Å². The molecule has 0 spiro atoms. The van der Waals surface area contributed by atoms with Crippen molar-refractivity contribution in [1.29, 1.82) is 5.41 Å². The van der Waals surface area contributed by atoms with Gasteiger partial charge in [-0.3, -0.25) is 0 Å². The molecule has 0 bridgehead atoms. The number of alkyl halides is 4. The molecule has 2 aromatic rings. The molecule has 14 heteroatoms. The fraction of sp³-hybridized carbons (Fsp3) is 0.370. The Morgan fingerprint density at radius 2 is 1.95 bits per heavy atom.